The van der Waals surface area contributed by atoms with E-state index < -0.39 is 0 Å². The summed E-state index contributed by atoms with van der Waals surface area (Å²) in [6, 6.07) is 10.1. The predicted molar refractivity (Wildman–Crippen MR) is 110 cm³/mol. The third-order valence-corrected chi connectivity index (χ3v) is 7.80. The van der Waals surface area contributed by atoms with E-state index in [-0.39, 0.29) is 22.6 Å². The third kappa shape index (κ3) is 3.73. The van der Waals surface area contributed by atoms with Gasteiger partial charge in [-0.1, -0.05) is 30.3 Å². The molecule has 3 heterocycles. The van der Waals surface area contributed by atoms with Gasteiger partial charge in [0.25, 0.3) is 0 Å². The first-order valence-electron chi connectivity index (χ1n) is 8.89. The molecule has 2 aromatic rings. The summed E-state index contributed by atoms with van der Waals surface area (Å²) in [5, 5.41) is 3.00. The average molecular weight is 422 g/mol. The lowest BCUT2D eigenvalue weighted by atomic mass is 10.0. The Bertz CT molecular complexity index is 834. The van der Waals surface area contributed by atoms with Crippen LogP contribution >= 0.6 is 34.7 Å². The number of hydrogen-bond donors (Lipinski definition) is 0. The fourth-order valence-electron chi connectivity index (χ4n) is 3.68. The van der Waals surface area contributed by atoms with E-state index >= 15 is 0 Å². The molecule has 5 nitrogen and oxygen atoms in total. The summed E-state index contributed by atoms with van der Waals surface area (Å²) >= 11 is 8.98. The van der Waals surface area contributed by atoms with E-state index in [2.05, 4.69) is 0 Å². The zero-order chi connectivity index (χ0) is 18.9. The minimum atomic E-state index is -0.223. The monoisotopic (exact) mass is 421 g/mol. The van der Waals surface area contributed by atoms with Crippen molar-refractivity contribution in [3.8, 4) is 11.3 Å². The lowest BCUT2D eigenvalue weighted by Crippen LogP contribution is -2.52. The Balaban J connectivity index is 1.49. The summed E-state index contributed by atoms with van der Waals surface area (Å²) in [6.45, 7) is 1.83. The highest BCUT2D eigenvalue weighted by Crippen LogP contribution is 2.45. The van der Waals surface area contributed by atoms with Crippen LogP contribution in [0.4, 0.5) is 0 Å². The third-order valence-electron chi connectivity index (χ3n) is 5.18. The van der Waals surface area contributed by atoms with E-state index in [0.29, 0.717) is 25.4 Å². The van der Waals surface area contributed by atoms with Gasteiger partial charge in [-0.25, -0.2) is 4.98 Å². The van der Waals surface area contributed by atoms with Crippen LogP contribution in [0.3, 0.4) is 0 Å². The van der Waals surface area contributed by atoms with E-state index in [1.165, 1.54) is 0 Å². The Morgan fingerprint density at radius 2 is 1.96 bits per heavy atom. The van der Waals surface area contributed by atoms with Crippen molar-refractivity contribution in [1.82, 2.24) is 14.8 Å². The van der Waals surface area contributed by atoms with Crippen LogP contribution in [0.25, 0.3) is 11.3 Å². The van der Waals surface area contributed by atoms with Gasteiger partial charge in [0.05, 0.1) is 22.9 Å². The number of benzene rings is 1. The van der Waals surface area contributed by atoms with E-state index in [0.717, 1.165) is 29.1 Å². The maximum absolute atomic E-state index is 12.6. The molecule has 2 amide bonds. The van der Waals surface area contributed by atoms with Crippen LogP contribution in [0.5, 0.6) is 0 Å². The van der Waals surface area contributed by atoms with Gasteiger partial charge in [0.2, 0.25) is 11.8 Å². The molecule has 0 N–H and O–H groups in total. The number of alkyl halides is 1. The lowest BCUT2D eigenvalue weighted by molar-refractivity contribution is -0.134. The molecule has 0 aliphatic carbocycles. The summed E-state index contributed by atoms with van der Waals surface area (Å²) in [4.78, 5) is 32.7. The molecule has 2 saturated heterocycles. The molecular formula is C19H20ClN3O2S2. The molecule has 2 aliphatic rings. The lowest BCUT2D eigenvalue weighted by Gasteiger charge is -2.43. The fourth-order valence-corrected chi connectivity index (χ4v) is 5.98. The molecule has 8 heteroatoms. The second kappa shape index (κ2) is 7.81. The van der Waals surface area contributed by atoms with Crippen LogP contribution in [0.15, 0.2) is 35.7 Å². The zero-order valence-electron chi connectivity index (χ0n) is 14.8. The van der Waals surface area contributed by atoms with Crippen molar-refractivity contribution in [3.05, 3.63) is 40.7 Å². The smallest absolute Gasteiger partial charge is 0.237 e. The Morgan fingerprint density at radius 1 is 1.22 bits per heavy atom. The number of piperidine rings is 1. The number of likely N-dealkylation sites (tertiary alicyclic amines) is 1. The quantitative estimate of drug-likeness (QED) is 0.709. The van der Waals surface area contributed by atoms with Crippen molar-refractivity contribution in [3.63, 3.8) is 0 Å². The molecule has 0 radical (unpaired) electrons. The first-order valence-corrected chi connectivity index (χ1v) is 11.3. The second-order valence-electron chi connectivity index (χ2n) is 6.72. The van der Waals surface area contributed by atoms with Gasteiger partial charge in [-0.15, -0.1) is 34.7 Å². The number of amides is 2. The Labute approximate surface area is 171 Å². The molecule has 0 bridgehead atoms. The van der Waals surface area contributed by atoms with Crippen LogP contribution in [-0.2, 0) is 16.1 Å². The SMILES string of the molecule is O=C(CCl)N1CCC2(CC1)SCC(=O)N2Cc1nc(-c2ccccc2)cs1. The van der Waals surface area contributed by atoms with Gasteiger partial charge < -0.3 is 9.80 Å². The van der Waals surface area contributed by atoms with Gasteiger partial charge in [0.1, 0.15) is 10.9 Å². The van der Waals surface area contributed by atoms with Crippen LogP contribution in [0.1, 0.15) is 17.8 Å². The Hall–Kier alpha value is -1.57. The first kappa shape index (κ1) is 18.8. The predicted octanol–water partition coefficient (Wildman–Crippen LogP) is 3.44. The van der Waals surface area contributed by atoms with Crippen molar-refractivity contribution in [2.75, 3.05) is 24.7 Å². The molecule has 1 aromatic heterocycles. The van der Waals surface area contributed by atoms with Crippen molar-refractivity contribution in [1.29, 1.82) is 0 Å². The van der Waals surface area contributed by atoms with Gasteiger partial charge in [-0.05, 0) is 12.8 Å². The van der Waals surface area contributed by atoms with Crippen molar-refractivity contribution < 1.29 is 9.59 Å². The molecule has 2 aliphatic heterocycles. The summed E-state index contributed by atoms with van der Waals surface area (Å²) in [5.74, 6) is 0.651. The molecule has 1 aromatic carbocycles. The van der Waals surface area contributed by atoms with E-state index in [9.17, 15) is 9.59 Å². The number of nitrogens with zero attached hydrogens (tertiary/aromatic N) is 3. The van der Waals surface area contributed by atoms with Gasteiger partial charge in [0.15, 0.2) is 0 Å². The van der Waals surface area contributed by atoms with Crippen molar-refractivity contribution in [2.45, 2.75) is 24.3 Å². The fraction of sp³-hybridized carbons (Fsp3) is 0.421. The second-order valence-corrected chi connectivity index (χ2v) is 9.27. The highest BCUT2D eigenvalue weighted by molar-refractivity contribution is 8.01. The standard InChI is InChI=1S/C19H20ClN3O2S2/c20-10-17(24)22-8-6-19(7-9-22)23(18(25)13-27-19)11-16-21-15(12-26-16)14-4-2-1-3-5-14/h1-5,12H,6-11,13H2. The minimum absolute atomic E-state index is 0.0180. The normalized spacial score (nSPS) is 19.1. The number of hydrogen-bond acceptors (Lipinski definition) is 5. The maximum Gasteiger partial charge on any atom is 0.237 e. The van der Waals surface area contributed by atoms with Crippen LogP contribution in [-0.4, -0.2) is 56.2 Å². The van der Waals surface area contributed by atoms with Gasteiger partial charge in [0, 0.05) is 24.0 Å². The number of rotatable bonds is 4. The van der Waals surface area contributed by atoms with Crippen molar-refractivity contribution in [2.24, 2.45) is 0 Å². The summed E-state index contributed by atoms with van der Waals surface area (Å²) in [5.41, 5.74) is 2.04. The number of aromatic nitrogens is 1. The van der Waals surface area contributed by atoms with Gasteiger partial charge >= 0.3 is 0 Å². The molecule has 1 spiro atoms. The van der Waals surface area contributed by atoms with Gasteiger partial charge in [-0.2, -0.15) is 0 Å². The zero-order valence-corrected chi connectivity index (χ0v) is 17.2. The Kier molecular flexibility index (Phi) is 5.43. The number of thiazole rings is 1. The van der Waals surface area contributed by atoms with Crippen LogP contribution in [0.2, 0.25) is 0 Å². The molecular weight excluding hydrogens is 402 g/mol. The molecule has 0 atom stereocenters. The largest absolute Gasteiger partial charge is 0.341 e. The highest BCUT2D eigenvalue weighted by atomic mass is 35.5. The van der Waals surface area contributed by atoms with Gasteiger partial charge in [-0.3, -0.25) is 9.59 Å². The maximum atomic E-state index is 12.6. The van der Waals surface area contributed by atoms with Crippen molar-refractivity contribution >= 4 is 46.5 Å². The molecule has 0 unspecified atom stereocenters. The highest BCUT2D eigenvalue weighted by Gasteiger charge is 2.48. The summed E-state index contributed by atoms with van der Waals surface area (Å²) < 4.78 is 0. The molecule has 142 valence electrons. The Morgan fingerprint density at radius 3 is 2.67 bits per heavy atom. The molecule has 0 saturated carbocycles. The molecule has 4 rings (SSSR count). The first-order chi connectivity index (χ1) is 13.1. The topological polar surface area (TPSA) is 53.5 Å². The number of carbonyl (C=O) groups excluding carboxylic acids is 2. The van der Waals surface area contributed by atoms with Crippen LogP contribution < -0.4 is 0 Å². The molecule has 27 heavy (non-hydrogen) atoms. The minimum Gasteiger partial charge on any atom is -0.341 e. The number of thioether (sulfide) groups is 1. The summed E-state index contributed by atoms with van der Waals surface area (Å²) in [7, 11) is 0. The van der Waals surface area contributed by atoms with E-state index in [1.54, 1.807) is 28.0 Å². The number of halogens is 1. The summed E-state index contributed by atoms with van der Waals surface area (Å²) in [6.07, 6.45) is 1.56. The molecule has 2 fully saturated rings. The van der Waals surface area contributed by atoms with E-state index in [1.807, 2.05) is 40.6 Å². The van der Waals surface area contributed by atoms with E-state index in [4.69, 9.17) is 16.6 Å². The van der Waals surface area contributed by atoms with Crippen LogP contribution in [0, 0.1) is 0 Å². The average Bonchev–Trinajstić information content (AvgIpc) is 3.30. The number of carbonyl (C=O) groups is 2.